The van der Waals surface area contributed by atoms with Crippen molar-refractivity contribution in [3.8, 4) is 11.1 Å². The van der Waals surface area contributed by atoms with Gasteiger partial charge >= 0.3 is 0 Å². The van der Waals surface area contributed by atoms with E-state index in [1.807, 2.05) is 24.3 Å². The quantitative estimate of drug-likeness (QED) is 0.398. The van der Waals surface area contributed by atoms with Crippen molar-refractivity contribution in [1.29, 1.82) is 0 Å². The molecule has 0 saturated carbocycles. The van der Waals surface area contributed by atoms with Crippen molar-refractivity contribution in [3.05, 3.63) is 91.9 Å². The van der Waals surface area contributed by atoms with Gasteiger partial charge in [-0.1, -0.05) is 63.4 Å². The molecule has 0 spiro atoms. The van der Waals surface area contributed by atoms with Crippen molar-refractivity contribution in [3.63, 3.8) is 0 Å². The van der Waals surface area contributed by atoms with Crippen LogP contribution in [0.3, 0.4) is 0 Å². The van der Waals surface area contributed by atoms with Crippen LogP contribution in [0.4, 0.5) is 8.78 Å². The van der Waals surface area contributed by atoms with Gasteiger partial charge in [0.15, 0.2) is 11.1 Å². The summed E-state index contributed by atoms with van der Waals surface area (Å²) < 4.78 is 50.3. The summed E-state index contributed by atoms with van der Waals surface area (Å²) >= 11 is 13.6. The van der Waals surface area contributed by atoms with E-state index in [0.29, 0.717) is 11.6 Å². The minimum Gasteiger partial charge on any atom is -0.305 e. The Kier molecular flexibility index (Phi) is 6.33. The molecule has 27 heavy (non-hydrogen) atoms. The number of hydrogen-bond donors (Lipinski definition) is 1. The van der Waals surface area contributed by atoms with E-state index in [9.17, 15) is 17.5 Å². The van der Waals surface area contributed by atoms with Gasteiger partial charge in [0, 0.05) is 32.3 Å². The molecule has 3 rings (SSSR count). The fraction of sp³-hybridized carbons (Fsp3) is 0.0526. The second-order valence-corrected chi connectivity index (χ2v) is 8.38. The Hall–Kier alpha value is -1.31. The lowest BCUT2D eigenvalue weighted by Crippen LogP contribution is -2.11. The van der Waals surface area contributed by atoms with Crippen LogP contribution in [0, 0.1) is 11.6 Å². The summed E-state index contributed by atoms with van der Waals surface area (Å²) in [5.74, 6) is -1.75. The molecule has 3 aromatic carbocycles. The lowest BCUT2D eigenvalue weighted by atomic mass is 9.98. The van der Waals surface area contributed by atoms with E-state index < -0.39 is 28.0 Å². The molecule has 0 radical (unpaired) electrons. The van der Waals surface area contributed by atoms with Crippen molar-refractivity contribution in [2.24, 2.45) is 0 Å². The van der Waals surface area contributed by atoms with Gasteiger partial charge in [0.05, 0.1) is 5.02 Å². The topological polar surface area (TPSA) is 37.3 Å². The molecule has 8 heteroatoms. The summed E-state index contributed by atoms with van der Waals surface area (Å²) in [7, 11) is 0. The maximum Gasteiger partial charge on any atom is 0.165 e. The van der Waals surface area contributed by atoms with Crippen LogP contribution in [0.15, 0.2) is 59.1 Å². The highest BCUT2D eigenvalue weighted by atomic mass is 79.9. The van der Waals surface area contributed by atoms with E-state index in [2.05, 4.69) is 15.9 Å². The molecular weight excluding hydrogens is 481 g/mol. The first-order valence-electron chi connectivity index (χ1n) is 7.58. The molecule has 0 aliphatic carbocycles. The van der Waals surface area contributed by atoms with Crippen LogP contribution in [-0.4, -0.2) is 8.76 Å². The van der Waals surface area contributed by atoms with E-state index in [0.717, 1.165) is 22.2 Å². The molecule has 2 unspecified atom stereocenters. The SMILES string of the molecule is O=S(O)C(c1ccc(F)cc1F)c1c(Cl)ccc(-c2ccc(Br)cc2)c1Cl. The Morgan fingerprint density at radius 2 is 1.67 bits per heavy atom. The van der Waals surface area contributed by atoms with Gasteiger partial charge in [0.1, 0.15) is 16.9 Å². The summed E-state index contributed by atoms with van der Waals surface area (Å²) in [6.07, 6.45) is 0. The van der Waals surface area contributed by atoms with Crippen molar-refractivity contribution in [2.75, 3.05) is 0 Å². The summed E-state index contributed by atoms with van der Waals surface area (Å²) in [6, 6.07) is 13.2. The number of halogens is 5. The Morgan fingerprint density at radius 1 is 1.00 bits per heavy atom. The normalized spacial score (nSPS) is 13.4. The van der Waals surface area contributed by atoms with Crippen LogP contribution in [0.25, 0.3) is 11.1 Å². The van der Waals surface area contributed by atoms with Crippen LogP contribution in [0.1, 0.15) is 16.4 Å². The third-order valence-electron chi connectivity index (χ3n) is 3.99. The Labute approximate surface area is 175 Å². The van der Waals surface area contributed by atoms with E-state index in [1.54, 1.807) is 6.07 Å². The Bertz CT molecular complexity index is 1030. The summed E-state index contributed by atoms with van der Waals surface area (Å²) in [4.78, 5) is 0. The molecule has 0 aromatic heterocycles. The Balaban J connectivity index is 2.22. The molecule has 1 N–H and O–H groups in total. The average molecular weight is 492 g/mol. The third-order valence-corrected chi connectivity index (χ3v) is 6.15. The van der Waals surface area contributed by atoms with E-state index >= 15 is 0 Å². The smallest absolute Gasteiger partial charge is 0.165 e. The van der Waals surface area contributed by atoms with Crippen LogP contribution < -0.4 is 0 Å². The standard InChI is InChI=1S/C19H11BrCl2F2O2S/c20-11-3-1-10(2-4-11)13-7-8-15(21)17(18(13)22)19(27(25)26)14-6-5-12(23)9-16(14)24/h1-9,19H,(H,25,26). The summed E-state index contributed by atoms with van der Waals surface area (Å²) in [6.45, 7) is 0. The summed E-state index contributed by atoms with van der Waals surface area (Å²) in [5.41, 5.74) is 1.25. The predicted octanol–water partition coefficient (Wildman–Crippen LogP) is 7.01. The molecule has 0 bridgehead atoms. The first-order valence-corrected chi connectivity index (χ1v) is 10.3. The zero-order valence-corrected chi connectivity index (χ0v) is 17.3. The van der Waals surface area contributed by atoms with Crippen LogP contribution in [0.2, 0.25) is 10.0 Å². The highest BCUT2D eigenvalue weighted by Gasteiger charge is 2.29. The monoisotopic (exact) mass is 490 g/mol. The molecule has 2 atom stereocenters. The molecule has 0 aliphatic rings. The minimum atomic E-state index is -2.55. The van der Waals surface area contributed by atoms with E-state index in [-0.39, 0.29) is 21.2 Å². The molecule has 0 aliphatic heterocycles. The second-order valence-electron chi connectivity index (χ2n) is 5.65. The van der Waals surface area contributed by atoms with Gasteiger partial charge in [0.25, 0.3) is 0 Å². The second kappa shape index (κ2) is 8.37. The molecule has 0 amide bonds. The maximum absolute atomic E-state index is 14.3. The molecule has 2 nitrogen and oxygen atoms in total. The van der Waals surface area contributed by atoms with Gasteiger partial charge in [-0.15, -0.1) is 0 Å². The lowest BCUT2D eigenvalue weighted by Gasteiger charge is -2.20. The third kappa shape index (κ3) is 4.25. The van der Waals surface area contributed by atoms with Crippen molar-refractivity contribution in [2.45, 2.75) is 5.25 Å². The zero-order valence-electron chi connectivity index (χ0n) is 13.4. The molecule has 140 valence electrons. The zero-order chi connectivity index (χ0) is 19.7. The number of rotatable bonds is 4. The fourth-order valence-electron chi connectivity index (χ4n) is 2.74. The Morgan fingerprint density at radius 3 is 2.26 bits per heavy atom. The van der Waals surface area contributed by atoms with Gasteiger partial charge in [-0.25, -0.2) is 13.0 Å². The molecule has 3 aromatic rings. The highest BCUT2D eigenvalue weighted by molar-refractivity contribution is 9.10. The predicted molar refractivity (Wildman–Crippen MR) is 109 cm³/mol. The number of hydrogen-bond acceptors (Lipinski definition) is 1. The fourth-order valence-corrected chi connectivity index (χ4v) is 4.69. The van der Waals surface area contributed by atoms with Gasteiger partial charge in [-0.3, -0.25) is 0 Å². The van der Waals surface area contributed by atoms with Gasteiger partial charge in [0.2, 0.25) is 0 Å². The maximum atomic E-state index is 14.3. The molecule has 0 fully saturated rings. The molecule has 0 saturated heterocycles. The first-order chi connectivity index (χ1) is 12.8. The van der Waals surface area contributed by atoms with Crippen molar-refractivity contribution in [1.82, 2.24) is 0 Å². The minimum absolute atomic E-state index is 0.102. The number of benzene rings is 3. The molecular formula is C19H11BrCl2F2O2S. The van der Waals surface area contributed by atoms with Crippen molar-refractivity contribution >= 4 is 50.2 Å². The molecule has 0 heterocycles. The average Bonchev–Trinajstić information content (AvgIpc) is 2.60. The first kappa shape index (κ1) is 20.4. The van der Waals surface area contributed by atoms with Gasteiger partial charge in [-0.05, 0) is 29.8 Å². The van der Waals surface area contributed by atoms with Crippen molar-refractivity contribution < 1.29 is 17.5 Å². The highest BCUT2D eigenvalue weighted by Crippen LogP contribution is 2.43. The largest absolute Gasteiger partial charge is 0.305 e. The van der Waals surface area contributed by atoms with E-state index in [1.165, 1.54) is 6.07 Å². The van der Waals surface area contributed by atoms with Gasteiger partial charge in [-0.2, -0.15) is 0 Å². The van der Waals surface area contributed by atoms with Crippen LogP contribution in [-0.2, 0) is 11.1 Å². The van der Waals surface area contributed by atoms with Gasteiger partial charge < -0.3 is 4.55 Å². The lowest BCUT2D eigenvalue weighted by molar-refractivity contribution is 0.545. The van der Waals surface area contributed by atoms with Crippen LogP contribution in [0.5, 0.6) is 0 Å². The van der Waals surface area contributed by atoms with Crippen LogP contribution >= 0.6 is 39.1 Å². The summed E-state index contributed by atoms with van der Waals surface area (Å²) in [5, 5.41) is -1.14. The van der Waals surface area contributed by atoms with E-state index in [4.69, 9.17) is 23.2 Å².